The van der Waals surface area contributed by atoms with Crippen LogP contribution in [0.1, 0.15) is 33.1 Å². The highest BCUT2D eigenvalue weighted by atomic mass is 16.5. The molecule has 2 fully saturated rings. The monoisotopic (exact) mass is 389 g/mol. The Hall–Kier alpha value is -2.28. The Morgan fingerprint density at radius 1 is 1.18 bits per heavy atom. The molecule has 2 amide bonds. The first-order valence-corrected chi connectivity index (χ1v) is 9.91. The van der Waals surface area contributed by atoms with Crippen molar-refractivity contribution in [2.75, 3.05) is 45.3 Å². The maximum absolute atomic E-state index is 12.7. The normalized spacial score (nSPS) is 20.5. The lowest BCUT2D eigenvalue weighted by molar-refractivity contribution is -0.126. The third kappa shape index (κ3) is 4.24. The molecule has 0 bridgehead atoms. The van der Waals surface area contributed by atoms with Gasteiger partial charge >= 0.3 is 0 Å². The summed E-state index contributed by atoms with van der Waals surface area (Å²) in [4.78, 5) is 29.3. The quantitative estimate of drug-likeness (QED) is 0.773. The lowest BCUT2D eigenvalue weighted by Crippen LogP contribution is -2.51. The molecule has 7 nitrogen and oxygen atoms in total. The van der Waals surface area contributed by atoms with Gasteiger partial charge in [-0.05, 0) is 51.9 Å². The average molecular weight is 389 g/mol. The van der Waals surface area contributed by atoms with Crippen LogP contribution in [0.4, 0.5) is 5.69 Å². The number of nitrogens with zero attached hydrogens (tertiary/aromatic N) is 2. The molecule has 0 radical (unpaired) electrons. The van der Waals surface area contributed by atoms with E-state index in [2.05, 4.69) is 24.1 Å². The molecular formula is C21H31N3O4. The number of carbonyl (C=O) groups excluding carboxylic acids is 2. The van der Waals surface area contributed by atoms with Crippen LogP contribution in [0.15, 0.2) is 18.2 Å². The average Bonchev–Trinajstić information content (AvgIpc) is 3.36. The smallest absolute Gasteiger partial charge is 0.227 e. The number of hydrogen-bond acceptors (Lipinski definition) is 5. The molecular weight excluding hydrogens is 358 g/mol. The van der Waals surface area contributed by atoms with E-state index < -0.39 is 0 Å². The van der Waals surface area contributed by atoms with E-state index in [1.54, 1.807) is 31.3 Å². The van der Waals surface area contributed by atoms with E-state index in [-0.39, 0.29) is 29.7 Å². The summed E-state index contributed by atoms with van der Waals surface area (Å²) in [5.74, 6) is 0.731. The number of methoxy groups -OCH3 is 2. The fourth-order valence-electron chi connectivity index (χ4n) is 4.01. The predicted octanol–water partition coefficient (Wildman–Crippen LogP) is 2.05. The van der Waals surface area contributed by atoms with Crippen LogP contribution in [0.3, 0.4) is 0 Å². The van der Waals surface area contributed by atoms with Crippen molar-refractivity contribution in [1.29, 1.82) is 0 Å². The first-order chi connectivity index (χ1) is 13.4. The van der Waals surface area contributed by atoms with Gasteiger partial charge in [-0.1, -0.05) is 0 Å². The number of hydrogen-bond donors (Lipinski definition) is 1. The van der Waals surface area contributed by atoms with Gasteiger partial charge < -0.3 is 19.7 Å². The molecule has 2 saturated heterocycles. The second-order valence-electron chi connectivity index (χ2n) is 8.17. The molecule has 0 aromatic heterocycles. The van der Waals surface area contributed by atoms with Crippen LogP contribution in [0, 0.1) is 5.92 Å². The summed E-state index contributed by atoms with van der Waals surface area (Å²) < 4.78 is 10.6. The third-order valence-corrected chi connectivity index (χ3v) is 5.83. The van der Waals surface area contributed by atoms with Gasteiger partial charge in [0.25, 0.3) is 0 Å². The molecule has 0 aliphatic carbocycles. The number of anilines is 1. The second kappa shape index (κ2) is 8.39. The minimum atomic E-state index is -0.338. The number of ether oxygens (including phenoxy) is 2. The largest absolute Gasteiger partial charge is 0.493 e. The van der Waals surface area contributed by atoms with Crippen LogP contribution in [0.2, 0.25) is 0 Å². The Morgan fingerprint density at radius 2 is 1.86 bits per heavy atom. The van der Waals surface area contributed by atoms with Crippen molar-refractivity contribution in [3.63, 3.8) is 0 Å². The van der Waals surface area contributed by atoms with E-state index in [0.717, 1.165) is 18.8 Å². The topological polar surface area (TPSA) is 71.1 Å². The van der Waals surface area contributed by atoms with E-state index in [9.17, 15) is 9.59 Å². The minimum absolute atomic E-state index is 0.0498. The van der Waals surface area contributed by atoms with Gasteiger partial charge in [-0.2, -0.15) is 0 Å². The molecule has 7 heteroatoms. The summed E-state index contributed by atoms with van der Waals surface area (Å²) in [6, 6.07) is 5.36. The molecule has 2 heterocycles. The maximum atomic E-state index is 12.7. The molecule has 154 valence electrons. The minimum Gasteiger partial charge on any atom is -0.493 e. The molecule has 2 aliphatic rings. The molecule has 1 aromatic rings. The summed E-state index contributed by atoms with van der Waals surface area (Å²) in [5, 5.41) is 3.07. The van der Waals surface area contributed by atoms with Gasteiger partial charge in [0.15, 0.2) is 11.5 Å². The number of nitrogens with one attached hydrogen (secondary N) is 1. The number of likely N-dealkylation sites (tertiary alicyclic amines) is 1. The van der Waals surface area contributed by atoms with Gasteiger partial charge in [-0.25, -0.2) is 0 Å². The van der Waals surface area contributed by atoms with Crippen molar-refractivity contribution < 1.29 is 19.1 Å². The van der Waals surface area contributed by atoms with Crippen molar-refractivity contribution >= 4 is 17.5 Å². The zero-order valence-corrected chi connectivity index (χ0v) is 17.3. The zero-order valence-electron chi connectivity index (χ0n) is 17.3. The van der Waals surface area contributed by atoms with Gasteiger partial charge in [-0.15, -0.1) is 0 Å². The first kappa shape index (κ1) is 20.5. The number of amides is 2. The highest BCUT2D eigenvalue weighted by Gasteiger charge is 2.36. The fourth-order valence-corrected chi connectivity index (χ4v) is 4.01. The van der Waals surface area contributed by atoms with Gasteiger partial charge in [0.05, 0.1) is 20.1 Å². The van der Waals surface area contributed by atoms with E-state index in [0.29, 0.717) is 24.6 Å². The van der Waals surface area contributed by atoms with E-state index in [1.807, 2.05) is 6.07 Å². The molecule has 0 saturated carbocycles. The van der Waals surface area contributed by atoms with Crippen molar-refractivity contribution in [3.8, 4) is 11.5 Å². The Kier molecular flexibility index (Phi) is 6.13. The van der Waals surface area contributed by atoms with Crippen molar-refractivity contribution in [1.82, 2.24) is 10.2 Å². The van der Waals surface area contributed by atoms with Gasteiger partial charge in [0, 0.05) is 36.8 Å². The molecule has 1 N–H and O–H groups in total. The van der Waals surface area contributed by atoms with Crippen LogP contribution in [0.5, 0.6) is 11.5 Å². The van der Waals surface area contributed by atoms with Gasteiger partial charge in [0.1, 0.15) is 0 Å². The molecule has 0 spiro atoms. The summed E-state index contributed by atoms with van der Waals surface area (Å²) in [7, 11) is 3.13. The Balaban J connectivity index is 1.61. The first-order valence-electron chi connectivity index (χ1n) is 9.91. The molecule has 1 aromatic carbocycles. The number of rotatable bonds is 7. The van der Waals surface area contributed by atoms with Crippen LogP contribution in [-0.2, 0) is 9.59 Å². The molecule has 2 aliphatic heterocycles. The van der Waals surface area contributed by atoms with Crippen molar-refractivity contribution in [2.45, 2.75) is 38.6 Å². The summed E-state index contributed by atoms with van der Waals surface area (Å²) >= 11 is 0. The summed E-state index contributed by atoms with van der Waals surface area (Å²) in [5.41, 5.74) is 0.646. The summed E-state index contributed by atoms with van der Waals surface area (Å²) in [6.07, 6.45) is 2.66. The van der Waals surface area contributed by atoms with Crippen molar-refractivity contribution in [3.05, 3.63) is 18.2 Å². The molecule has 1 atom stereocenters. The Bertz CT molecular complexity index is 728. The van der Waals surface area contributed by atoms with Crippen LogP contribution in [0.25, 0.3) is 0 Å². The maximum Gasteiger partial charge on any atom is 0.227 e. The number of benzene rings is 1. The molecule has 28 heavy (non-hydrogen) atoms. The van der Waals surface area contributed by atoms with Gasteiger partial charge in [0.2, 0.25) is 11.8 Å². The second-order valence-corrected chi connectivity index (χ2v) is 8.17. The SMILES string of the molecule is COc1ccc(N2CC(C(=O)NCC(C)(C)N3CCCC3)CC2=O)cc1OC. The van der Waals surface area contributed by atoms with Crippen LogP contribution in [-0.4, -0.2) is 62.7 Å². The summed E-state index contributed by atoms with van der Waals surface area (Å²) in [6.45, 7) is 7.45. The molecule has 3 rings (SSSR count). The fraction of sp³-hybridized carbons (Fsp3) is 0.619. The highest BCUT2D eigenvalue weighted by Crippen LogP contribution is 2.34. The highest BCUT2D eigenvalue weighted by molar-refractivity contribution is 6.00. The predicted molar refractivity (Wildman–Crippen MR) is 108 cm³/mol. The lowest BCUT2D eigenvalue weighted by atomic mass is 10.0. The van der Waals surface area contributed by atoms with Crippen LogP contribution < -0.4 is 19.7 Å². The molecule has 1 unspecified atom stereocenters. The van der Waals surface area contributed by atoms with E-state index >= 15 is 0 Å². The lowest BCUT2D eigenvalue weighted by Gasteiger charge is -2.35. The zero-order chi connectivity index (χ0) is 20.3. The van der Waals surface area contributed by atoms with E-state index in [1.165, 1.54) is 12.8 Å². The van der Waals surface area contributed by atoms with E-state index in [4.69, 9.17) is 9.47 Å². The van der Waals surface area contributed by atoms with Gasteiger partial charge in [-0.3, -0.25) is 14.5 Å². The third-order valence-electron chi connectivity index (χ3n) is 5.83. The Morgan fingerprint density at radius 3 is 2.50 bits per heavy atom. The Labute approximate surface area is 167 Å². The van der Waals surface area contributed by atoms with Crippen LogP contribution >= 0.6 is 0 Å². The van der Waals surface area contributed by atoms with Crippen molar-refractivity contribution in [2.24, 2.45) is 5.92 Å². The number of carbonyl (C=O) groups is 2. The standard InChI is InChI=1S/C21H31N3O4/c1-21(2,23-9-5-6-10-23)14-22-20(26)15-11-19(25)24(13-15)16-7-8-17(27-3)18(12-16)28-4/h7-8,12,15H,5-6,9-11,13-14H2,1-4H3,(H,22,26).